The summed E-state index contributed by atoms with van der Waals surface area (Å²) in [6.45, 7) is 0. The highest BCUT2D eigenvalue weighted by Crippen LogP contribution is 2.32. The first-order chi connectivity index (χ1) is 7.81. The van der Waals surface area contributed by atoms with Crippen LogP contribution in [-0.2, 0) is 7.05 Å². The summed E-state index contributed by atoms with van der Waals surface area (Å²) >= 11 is 0. The van der Waals surface area contributed by atoms with Gasteiger partial charge >= 0.3 is 0 Å². The first-order valence-electron chi connectivity index (χ1n) is 6.46. The molecule has 1 atom stereocenters. The van der Waals surface area contributed by atoms with Crippen LogP contribution in [0, 0.1) is 5.92 Å². The van der Waals surface area contributed by atoms with Crippen molar-refractivity contribution < 1.29 is 0 Å². The first-order valence-corrected chi connectivity index (χ1v) is 6.46. The van der Waals surface area contributed by atoms with Gasteiger partial charge in [-0.1, -0.05) is 25.7 Å². The number of nitrogens with zero attached hydrogens (tertiary/aromatic N) is 2. The van der Waals surface area contributed by atoms with Gasteiger partial charge in [0.25, 0.3) is 0 Å². The third-order valence-corrected chi connectivity index (χ3v) is 3.73. The molecule has 0 aromatic carbocycles. The Hall–Kier alpha value is -0.830. The molecule has 1 aromatic rings. The van der Waals surface area contributed by atoms with Crippen molar-refractivity contribution >= 4 is 0 Å². The number of hydrogen-bond acceptors (Lipinski definition) is 2. The molecule has 2 rings (SSSR count). The average Bonchev–Trinajstić information content (AvgIpc) is 2.55. The molecule has 0 aliphatic heterocycles. The molecule has 90 valence electrons. The van der Waals surface area contributed by atoms with Gasteiger partial charge < -0.3 is 9.88 Å². The fourth-order valence-electron chi connectivity index (χ4n) is 2.86. The molecule has 1 aromatic heterocycles. The average molecular weight is 221 g/mol. The van der Waals surface area contributed by atoms with Crippen molar-refractivity contribution in [1.82, 2.24) is 14.9 Å². The topological polar surface area (TPSA) is 29.9 Å². The predicted octanol–water partition coefficient (Wildman–Crippen LogP) is 2.65. The summed E-state index contributed by atoms with van der Waals surface area (Å²) in [5.41, 5.74) is 1.21. The lowest BCUT2D eigenvalue weighted by Crippen LogP contribution is -2.25. The number of hydrogen-bond donors (Lipinski definition) is 1. The molecule has 1 fully saturated rings. The zero-order valence-electron chi connectivity index (χ0n) is 10.4. The van der Waals surface area contributed by atoms with Crippen LogP contribution in [0.25, 0.3) is 0 Å². The monoisotopic (exact) mass is 221 g/mol. The van der Waals surface area contributed by atoms with Crippen LogP contribution in [0.15, 0.2) is 12.5 Å². The third kappa shape index (κ3) is 2.64. The Balaban J connectivity index is 2.08. The second-order valence-electron chi connectivity index (χ2n) is 4.98. The summed E-state index contributed by atoms with van der Waals surface area (Å²) in [4.78, 5) is 4.49. The SMILES string of the molecule is CNC(c1cn(C)cn1)C1CCCCCC1. The van der Waals surface area contributed by atoms with E-state index in [9.17, 15) is 0 Å². The molecule has 0 amide bonds. The predicted molar refractivity (Wildman–Crippen MR) is 66.2 cm³/mol. The number of aromatic nitrogens is 2. The van der Waals surface area contributed by atoms with E-state index in [1.165, 1.54) is 44.2 Å². The molecule has 3 heteroatoms. The normalized spacial score (nSPS) is 20.6. The Morgan fingerprint density at radius 1 is 1.31 bits per heavy atom. The Labute approximate surface area is 98.3 Å². The van der Waals surface area contributed by atoms with Crippen LogP contribution in [0.5, 0.6) is 0 Å². The zero-order chi connectivity index (χ0) is 11.4. The molecular weight excluding hydrogens is 198 g/mol. The van der Waals surface area contributed by atoms with E-state index in [-0.39, 0.29) is 0 Å². The highest BCUT2D eigenvalue weighted by Gasteiger charge is 2.24. The van der Waals surface area contributed by atoms with Crippen molar-refractivity contribution in [2.75, 3.05) is 7.05 Å². The quantitative estimate of drug-likeness (QED) is 0.795. The van der Waals surface area contributed by atoms with Gasteiger partial charge in [0.05, 0.1) is 18.1 Å². The minimum absolute atomic E-state index is 0.444. The first kappa shape index (κ1) is 11.6. The van der Waals surface area contributed by atoms with Crippen LogP contribution in [0.3, 0.4) is 0 Å². The standard InChI is InChI=1S/C13H23N3/c1-14-13(12-9-16(2)10-15-12)11-7-5-3-4-6-8-11/h9-11,13-14H,3-8H2,1-2H3. The van der Waals surface area contributed by atoms with Crippen molar-refractivity contribution in [2.45, 2.75) is 44.6 Å². The van der Waals surface area contributed by atoms with E-state index in [2.05, 4.69) is 23.5 Å². The molecule has 0 bridgehead atoms. The minimum Gasteiger partial charge on any atom is -0.340 e. The van der Waals surface area contributed by atoms with Crippen LogP contribution in [0.1, 0.15) is 50.3 Å². The summed E-state index contributed by atoms with van der Waals surface area (Å²) in [5, 5.41) is 3.45. The van der Waals surface area contributed by atoms with Gasteiger partial charge in [-0.05, 0) is 25.8 Å². The molecule has 3 nitrogen and oxygen atoms in total. The van der Waals surface area contributed by atoms with Gasteiger partial charge in [0, 0.05) is 13.2 Å². The van der Waals surface area contributed by atoms with Crippen molar-refractivity contribution in [3.8, 4) is 0 Å². The maximum atomic E-state index is 4.49. The largest absolute Gasteiger partial charge is 0.340 e. The lowest BCUT2D eigenvalue weighted by molar-refractivity contribution is 0.336. The highest BCUT2D eigenvalue weighted by atomic mass is 15.0. The molecule has 1 N–H and O–H groups in total. The Bertz CT molecular complexity index is 311. The van der Waals surface area contributed by atoms with Crippen LogP contribution in [0.4, 0.5) is 0 Å². The van der Waals surface area contributed by atoms with Gasteiger partial charge in [-0.15, -0.1) is 0 Å². The fourth-order valence-corrected chi connectivity index (χ4v) is 2.86. The van der Waals surface area contributed by atoms with E-state index >= 15 is 0 Å². The van der Waals surface area contributed by atoms with E-state index < -0.39 is 0 Å². The molecule has 1 saturated carbocycles. The lowest BCUT2D eigenvalue weighted by Gasteiger charge is -2.24. The number of imidazole rings is 1. The van der Waals surface area contributed by atoms with Gasteiger partial charge in [-0.3, -0.25) is 0 Å². The zero-order valence-corrected chi connectivity index (χ0v) is 10.4. The molecular formula is C13H23N3. The molecule has 1 aliphatic rings. The van der Waals surface area contributed by atoms with Gasteiger partial charge in [0.1, 0.15) is 0 Å². The summed E-state index contributed by atoms with van der Waals surface area (Å²) < 4.78 is 2.04. The molecule has 1 aliphatic carbocycles. The highest BCUT2D eigenvalue weighted by molar-refractivity contribution is 5.05. The number of nitrogens with one attached hydrogen (secondary N) is 1. The van der Waals surface area contributed by atoms with Gasteiger partial charge in [0.2, 0.25) is 0 Å². The Morgan fingerprint density at radius 2 is 2.00 bits per heavy atom. The van der Waals surface area contributed by atoms with E-state index in [4.69, 9.17) is 0 Å². The molecule has 1 unspecified atom stereocenters. The van der Waals surface area contributed by atoms with Gasteiger partial charge in [-0.25, -0.2) is 4.98 Å². The third-order valence-electron chi connectivity index (χ3n) is 3.73. The summed E-state index contributed by atoms with van der Waals surface area (Å²) in [6.07, 6.45) is 12.3. The van der Waals surface area contributed by atoms with Gasteiger partial charge in [-0.2, -0.15) is 0 Å². The molecule has 0 radical (unpaired) electrons. The fraction of sp³-hybridized carbons (Fsp3) is 0.769. The summed E-state index contributed by atoms with van der Waals surface area (Å²) in [7, 11) is 4.10. The van der Waals surface area contributed by atoms with E-state index in [0.717, 1.165) is 5.92 Å². The van der Waals surface area contributed by atoms with Crippen molar-refractivity contribution in [3.63, 3.8) is 0 Å². The van der Waals surface area contributed by atoms with Gasteiger partial charge in [0.15, 0.2) is 0 Å². The second kappa shape index (κ2) is 5.48. The molecule has 0 saturated heterocycles. The van der Waals surface area contributed by atoms with Crippen molar-refractivity contribution in [3.05, 3.63) is 18.2 Å². The Kier molecular flexibility index (Phi) is 3.99. The number of aryl methyl sites for hydroxylation is 1. The van der Waals surface area contributed by atoms with Crippen LogP contribution < -0.4 is 5.32 Å². The van der Waals surface area contributed by atoms with Crippen LogP contribution in [0.2, 0.25) is 0 Å². The Morgan fingerprint density at radius 3 is 2.50 bits per heavy atom. The summed E-state index contributed by atoms with van der Waals surface area (Å²) in [6, 6.07) is 0.444. The van der Waals surface area contributed by atoms with Crippen molar-refractivity contribution in [1.29, 1.82) is 0 Å². The van der Waals surface area contributed by atoms with E-state index in [1.807, 2.05) is 17.9 Å². The van der Waals surface area contributed by atoms with Crippen LogP contribution >= 0.6 is 0 Å². The molecule has 0 spiro atoms. The second-order valence-corrected chi connectivity index (χ2v) is 4.98. The molecule has 16 heavy (non-hydrogen) atoms. The maximum absolute atomic E-state index is 4.49. The van der Waals surface area contributed by atoms with Crippen LogP contribution in [-0.4, -0.2) is 16.6 Å². The molecule has 1 heterocycles. The number of rotatable bonds is 3. The van der Waals surface area contributed by atoms with E-state index in [1.54, 1.807) is 0 Å². The lowest BCUT2D eigenvalue weighted by atomic mass is 9.90. The van der Waals surface area contributed by atoms with E-state index in [0.29, 0.717) is 6.04 Å². The smallest absolute Gasteiger partial charge is 0.0947 e. The minimum atomic E-state index is 0.444. The maximum Gasteiger partial charge on any atom is 0.0947 e. The van der Waals surface area contributed by atoms with Crippen molar-refractivity contribution in [2.24, 2.45) is 13.0 Å². The summed E-state index contributed by atoms with van der Waals surface area (Å²) in [5.74, 6) is 0.766.